The van der Waals surface area contributed by atoms with Crippen LogP contribution in [0.25, 0.3) is 77.2 Å². The molecule has 0 aliphatic rings. The van der Waals surface area contributed by atoms with E-state index in [1.54, 1.807) is 18.2 Å². The molecule has 0 spiro atoms. The van der Waals surface area contributed by atoms with Crippen molar-refractivity contribution < 1.29 is 14.7 Å². The van der Waals surface area contributed by atoms with Crippen molar-refractivity contribution in [2.24, 2.45) is 0 Å². The van der Waals surface area contributed by atoms with Gasteiger partial charge in [-0.25, -0.2) is 0 Å². The van der Waals surface area contributed by atoms with Crippen molar-refractivity contribution in [2.75, 3.05) is 0 Å². The summed E-state index contributed by atoms with van der Waals surface area (Å²) in [6, 6.07) is 67.9. The van der Waals surface area contributed by atoms with E-state index in [-0.39, 0.29) is 10.6 Å². The Balaban J connectivity index is 1.27. The molecule has 3 N–H and O–H groups in total. The quantitative estimate of drug-likeness (QED) is 0.144. The standard InChI is InChI=1S/C50H37O3P/c51-54(52,53,50-34-42-28-26-40(36-17-7-2-8-18-36)30-44(42)33-47(50)38-21-11-4-12-22-38)49-24-14-13-23-45(49)48-31-41-27-25-39(35-15-5-1-6-16-35)29-43(41)32-46(48)37-19-9-3-10-20-37/h1-34,51-53H. The van der Waals surface area contributed by atoms with Gasteiger partial charge in [-0.15, -0.1) is 0 Å². The van der Waals surface area contributed by atoms with Gasteiger partial charge in [0.15, 0.2) is 0 Å². The van der Waals surface area contributed by atoms with Gasteiger partial charge in [0.25, 0.3) is 0 Å². The number of hydrogen-bond acceptors (Lipinski definition) is 3. The molecule has 3 nitrogen and oxygen atoms in total. The zero-order valence-corrected chi connectivity index (χ0v) is 30.3. The van der Waals surface area contributed by atoms with Gasteiger partial charge in [0.2, 0.25) is 0 Å². The molecule has 54 heavy (non-hydrogen) atoms. The van der Waals surface area contributed by atoms with Crippen molar-refractivity contribution >= 4 is 39.4 Å². The summed E-state index contributed by atoms with van der Waals surface area (Å²) in [5.74, 6) is 0. The van der Waals surface area contributed by atoms with Crippen LogP contribution in [-0.2, 0) is 0 Å². The SMILES string of the molecule is OP(O)(O)(c1cc2ccc(-c3ccccc3)cc2cc1-c1ccccc1)c1ccccc1-c1cc2ccc(-c3ccccc3)cc2cc1-c1ccccc1. The molecule has 0 fully saturated rings. The van der Waals surface area contributed by atoms with Gasteiger partial charge in [0.05, 0.1) is 0 Å². The van der Waals surface area contributed by atoms with E-state index in [2.05, 4.69) is 72.8 Å². The summed E-state index contributed by atoms with van der Waals surface area (Å²) in [4.78, 5) is 38.3. The van der Waals surface area contributed by atoms with Crippen LogP contribution in [0.4, 0.5) is 0 Å². The van der Waals surface area contributed by atoms with Crippen molar-refractivity contribution in [2.45, 2.75) is 0 Å². The molecule has 0 saturated heterocycles. The fourth-order valence-corrected chi connectivity index (χ4v) is 9.94. The summed E-state index contributed by atoms with van der Waals surface area (Å²) >= 11 is 0. The minimum atomic E-state index is -5.87. The first-order valence-electron chi connectivity index (χ1n) is 18.1. The zero-order valence-electron chi connectivity index (χ0n) is 29.4. The number of benzene rings is 9. The third-order valence-corrected chi connectivity index (χ3v) is 12.9. The molecule has 9 rings (SSSR count). The minimum absolute atomic E-state index is 0.0818. The molecule has 0 aliphatic heterocycles. The molecule has 0 aliphatic carbocycles. The molecular formula is C50H37O3P. The predicted octanol–water partition coefficient (Wildman–Crippen LogP) is 11.6. The first-order valence-corrected chi connectivity index (χ1v) is 20.1. The molecule has 9 aromatic rings. The Morgan fingerprint density at radius 1 is 0.241 bits per heavy atom. The van der Waals surface area contributed by atoms with Crippen molar-refractivity contribution in [1.82, 2.24) is 0 Å². The summed E-state index contributed by atoms with van der Waals surface area (Å²) in [6.45, 7) is 0. The Morgan fingerprint density at radius 3 is 1.19 bits per heavy atom. The molecular weight excluding hydrogens is 680 g/mol. The van der Waals surface area contributed by atoms with E-state index in [9.17, 15) is 14.7 Å². The molecule has 0 radical (unpaired) electrons. The van der Waals surface area contributed by atoms with Gasteiger partial charge in [0, 0.05) is 0 Å². The Hall–Kier alpha value is -6.19. The van der Waals surface area contributed by atoms with Gasteiger partial charge in [-0.2, -0.15) is 0 Å². The first kappa shape index (κ1) is 33.6. The maximum atomic E-state index is 12.8. The second-order valence-electron chi connectivity index (χ2n) is 13.9. The van der Waals surface area contributed by atoms with Crippen molar-refractivity contribution in [3.63, 3.8) is 0 Å². The van der Waals surface area contributed by atoms with Crippen LogP contribution < -0.4 is 10.6 Å². The number of hydrogen-bond donors (Lipinski definition) is 3. The van der Waals surface area contributed by atoms with E-state index in [1.165, 1.54) is 0 Å². The van der Waals surface area contributed by atoms with Crippen LogP contribution in [0.5, 0.6) is 0 Å². The van der Waals surface area contributed by atoms with Crippen molar-refractivity contribution in [1.29, 1.82) is 0 Å². The monoisotopic (exact) mass is 716 g/mol. The van der Waals surface area contributed by atoms with Gasteiger partial charge >= 0.3 is 316 Å². The second-order valence-corrected chi connectivity index (χ2v) is 16.8. The van der Waals surface area contributed by atoms with Crippen LogP contribution in [-0.4, -0.2) is 14.7 Å². The van der Waals surface area contributed by atoms with Crippen LogP contribution in [0.15, 0.2) is 206 Å². The van der Waals surface area contributed by atoms with Gasteiger partial charge in [-0.3, -0.25) is 0 Å². The van der Waals surface area contributed by atoms with Crippen LogP contribution in [0.1, 0.15) is 0 Å². The molecule has 0 heterocycles. The molecule has 0 aromatic heterocycles. The van der Waals surface area contributed by atoms with E-state index in [0.717, 1.165) is 66.1 Å². The van der Waals surface area contributed by atoms with E-state index in [1.807, 2.05) is 115 Å². The van der Waals surface area contributed by atoms with Gasteiger partial charge < -0.3 is 0 Å². The van der Waals surface area contributed by atoms with E-state index in [4.69, 9.17) is 0 Å². The first-order chi connectivity index (χ1) is 26.3. The van der Waals surface area contributed by atoms with E-state index < -0.39 is 7.28 Å². The van der Waals surface area contributed by atoms with Crippen LogP contribution in [0.3, 0.4) is 0 Å². The van der Waals surface area contributed by atoms with Gasteiger partial charge in [0.1, 0.15) is 0 Å². The van der Waals surface area contributed by atoms with Crippen molar-refractivity contribution in [3.05, 3.63) is 206 Å². The third-order valence-electron chi connectivity index (χ3n) is 10.4. The predicted molar refractivity (Wildman–Crippen MR) is 228 cm³/mol. The molecule has 0 atom stereocenters. The van der Waals surface area contributed by atoms with Crippen LogP contribution in [0.2, 0.25) is 0 Å². The Bertz CT molecular complexity index is 2790. The van der Waals surface area contributed by atoms with Gasteiger partial charge in [-0.1, -0.05) is 0 Å². The summed E-state index contributed by atoms with van der Waals surface area (Å²) in [5.41, 5.74) is 8.96. The van der Waals surface area contributed by atoms with E-state index >= 15 is 0 Å². The van der Waals surface area contributed by atoms with Crippen molar-refractivity contribution in [3.8, 4) is 55.6 Å². The molecule has 4 heteroatoms. The summed E-state index contributed by atoms with van der Waals surface area (Å²) in [7, 11) is -5.87. The molecule has 0 amide bonds. The summed E-state index contributed by atoms with van der Waals surface area (Å²) < 4.78 is 0. The number of fused-ring (bicyclic) bond motifs is 2. The molecule has 0 bridgehead atoms. The molecule has 260 valence electrons. The fraction of sp³-hybridized carbons (Fsp3) is 0. The topological polar surface area (TPSA) is 60.7 Å². The Morgan fingerprint density at radius 2 is 0.648 bits per heavy atom. The van der Waals surface area contributed by atoms with Crippen LogP contribution >= 0.6 is 7.28 Å². The zero-order chi connectivity index (χ0) is 36.7. The van der Waals surface area contributed by atoms with E-state index in [0.29, 0.717) is 11.1 Å². The average Bonchev–Trinajstić information content (AvgIpc) is 3.23. The molecule has 0 saturated carbocycles. The average molecular weight is 717 g/mol. The normalized spacial score (nSPS) is 12.4. The summed E-state index contributed by atoms with van der Waals surface area (Å²) in [5, 5.41) is 3.94. The molecule has 0 unspecified atom stereocenters. The van der Waals surface area contributed by atoms with Crippen LogP contribution in [0, 0.1) is 0 Å². The Kier molecular flexibility index (Phi) is 8.31. The third kappa shape index (κ3) is 6.10. The number of rotatable bonds is 7. The fourth-order valence-electron chi connectivity index (χ4n) is 7.66. The Labute approximate surface area is 314 Å². The maximum absolute atomic E-state index is 12.8. The molecule has 9 aromatic carbocycles. The van der Waals surface area contributed by atoms with Gasteiger partial charge in [-0.05, 0) is 0 Å². The second kappa shape index (κ2) is 13.3. The summed E-state index contributed by atoms with van der Waals surface area (Å²) in [6.07, 6.45) is 0.